The van der Waals surface area contributed by atoms with Crippen LogP contribution in [0.3, 0.4) is 0 Å². The fourth-order valence-electron chi connectivity index (χ4n) is 3.12. The first-order valence-electron chi connectivity index (χ1n) is 7.01. The van der Waals surface area contributed by atoms with Crippen LogP contribution in [-0.4, -0.2) is 16.5 Å². The molecule has 3 rings (SSSR count). The monoisotopic (exact) mass is 296 g/mol. The van der Waals surface area contributed by atoms with Crippen LogP contribution in [0.1, 0.15) is 32.6 Å². The predicted molar refractivity (Wildman–Crippen MR) is 80.2 cm³/mol. The fourth-order valence-corrected chi connectivity index (χ4v) is 4.29. The number of amidine groups is 1. The van der Waals surface area contributed by atoms with Gasteiger partial charge in [0.05, 0.1) is 11.2 Å². The molecule has 1 N–H and O–H groups in total. The lowest BCUT2D eigenvalue weighted by atomic mass is 9.78. The number of hydrogen-bond donors (Lipinski definition) is 1. The maximum atomic E-state index is 13.6. The van der Waals surface area contributed by atoms with Crippen molar-refractivity contribution >= 4 is 22.6 Å². The Morgan fingerprint density at radius 3 is 3.05 bits per heavy atom. The standard InChI is InChI=1S/C15H18F2N2S/c1-10-3-2-6-15(8-10)9-20-14(19-15)18-13-7-11(16)4-5-12(13)17/h4-5,7,10H,2-3,6,8-9H2,1H3,(H,18,19). The van der Waals surface area contributed by atoms with Crippen molar-refractivity contribution in [3.8, 4) is 0 Å². The van der Waals surface area contributed by atoms with Crippen LogP contribution in [-0.2, 0) is 0 Å². The summed E-state index contributed by atoms with van der Waals surface area (Å²) in [6.45, 7) is 2.26. The highest BCUT2D eigenvalue weighted by Gasteiger charge is 2.39. The Kier molecular flexibility index (Phi) is 3.71. The molecule has 5 heteroatoms. The van der Waals surface area contributed by atoms with E-state index in [2.05, 4.69) is 12.2 Å². The highest BCUT2D eigenvalue weighted by atomic mass is 32.2. The van der Waals surface area contributed by atoms with E-state index < -0.39 is 11.6 Å². The van der Waals surface area contributed by atoms with Crippen LogP contribution >= 0.6 is 11.8 Å². The van der Waals surface area contributed by atoms with E-state index in [4.69, 9.17) is 4.99 Å². The molecular formula is C15H18F2N2S. The summed E-state index contributed by atoms with van der Waals surface area (Å²) in [5.74, 6) is 0.737. The Hall–Kier alpha value is -1.10. The van der Waals surface area contributed by atoms with Crippen molar-refractivity contribution < 1.29 is 8.78 Å². The van der Waals surface area contributed by atoms with E-state index >= 15 is 0 Å². The number of anilines is 1. The Balaban J connectivity index is 1.77. The van der Waals surface area contributed by atoms with E-state index in [0.717, 1.165) is 30.7 Å². The van der Waals surface area contributed by atoms with Gasteiger partial charge in [-0.3, -0.25) is 4.99 Å². The minimum absolute atomic E-state index is 0.00840. The summed E-state index contributed by atoms with van der Waals surface area (Å²) < 4.78 is 26.8. The van der Waals surface area contributed by atoms with Crippen LogP contribution in [0.25, 0.3) is 0 Å². The topological polar surface area (TPSA) is 24.4 Å². The van der Waals surface area contributed by atoms with Crippen LogP contribution in [0.5, 0.6) is 0 Å². The van der Waals surface area contributed by atoms with Gasteiger partial charge in [0, 0.05) is 11.8 Å². The number of benzene rings is 1. The summed E-state index contributed by atoms with van der Waals surface area (Å²) in [7, 11) is 0. The zero-order chi connectivity index (χ0) is 14.2. The van der Waals surface area contributed by atoms with Crippen molar-refractivity contribution in [2.75, 3.05) is 11.1 Å². The lowest BCUT2D eigenvalue weighted by Crippen LogP contribution is -2.33. The molecular weight excluding hydrogens is 278 g/mol. The zero-order valence-electron chi connectivity index (χ0n) is 11.5. The highest BCUT2D eigenvalue weighted by Crippen LogP contribution is 2.42. The van der Waals surface area contributed by atoms with E-state index in [-0.39, 0.29) is 11.2 Å². The van der Waals surface area contributed by atoms with E-state index in [0.29, 0.717) is 11.1 Å². The van der Waals surface area contributed by atoms with Gasteiger partial charge < -0.3 is 5.32 Å². The number of hydrogen-bond acceptors (Lipinski definition) is 3. The molecule has 2 aliphatic rings. The normalized spacial score (nSPS) is 29.6. The van der Waals surface area contributed by atoms with Gasteiger partial charge in [0.25, 0.3) is 0 Å². The second-order valence-electron chi connectivity index (χ2n) is 5.88. The van der Waals surface area contributed by atoms with E-state index in [1.807, 2.05) is 0 Å². The minimum Gasteiger partial charge on any atom is -0.332 e. The summed E-state index contributed by atoms with van der Waals surface area (Å²) in [5.41, 5.74) is 0.172. The van der Waals surface area contributed by atoms with Gasteiger partial charge in [0.15, 0.2) is 5.17 Å². The first-order valence-corrected chi connectivity index (χ1v) is 8.00. The lowest BCUT2D eigenvalue weighted by Gasteiger charge is -2.33. The molecule has 1 aromatic rings. The van der Waals surface area contributed by atoms with Gasteiger partial charge in [-0.1, -0.05) is 31.5 Å². The van der Waals surface area contributed by atoms with Gasteiger partial charge in [-0.05, 0) is 30.9 Å². The van der Waals surface area contributed by atoms with Crippen LogP contribution in [0.15, 0.2) is 23.2 Å². The van der Waals surface area contributed by atoms with Crippen molar-refractivity contribution in [2.24, 2.45) is 10.9 Å². The van der Waals surface area contributed by atoms with Gasteiger partial charge in [-0.2, -0.15) is 0 Å². The third-order valence-electron chi connectivity index (χ3n) is 4.05. The Morgan fingerprint density at radius 2 is 2.25 bits per heavy atom. The average molecular weight is 296 g/mol. The maximum absolute atomic E-state index is 13.6. The van der Waals surface area contributed by atoms with Crippen LogP contribution in [0.2, 0.25) is 0 Å². The fraction of sp³-hybridized carbons (Fsp3) is 0.533. The van der Waals surface area contributed by atoms with Gasteiger partial charge in [-0.15, -0.1) is 0 Å². The molecule has 2 nitrogen and oxygen atoms in total. The van der Waals surface area contributed by atoms with Crippen molar-refractivity contribution in [3.63, 3.8) is 0 Å². The van der Waals surface area contributed by atoms with Crippen molar-refractivity contribution in [3.05, 3.63) is 29.8 Å². The molecule has 1 fully saturated rings. The molecule has 0 bridgehead atoms. The summed E-state index contributed by atoms with van der Waals surface area (Å²) in [6.07, 6.45) is 4.66. The SMILES string of the molecule is CC1CCCC2(CSC(Nc3cc(F)ccc3F)=N2)C1. The Bertz CT molecular complexity index is 547. The van der Waals surface area contributed by atoms with E-state index in [9.17, 15) is 8.78 Å². The molecule has 2 atom stereocenters. The summed E-state index contributed by atoms with van der Waals surface area (Å²) >= 11 is 1.61. The van der Waals surface area contributed by atoms with Crippen molar-refractivity contribution in [2.45, 2.75) is 38.1 Å². The molecule has 1 aromatic carbocycles. The lowest BCUT2D eigenvalue weighted by molar-refractivity contribution is 0.266. The number of rotatable bonds is 1. The van der Waals surface area contributed by atoms with Gasteiger partial charge in [-0.25, -0.2) is 8.78 Å². The van der Waals surface area contributed by atoms with Crippen LogP contribution in [0.4, 0.5) is 14.5 Å². The number of nitrogens with one attached hydrogen (secondary N) is 1. The molecule has 108 valence electrons. The number of aliphatic imine (C=N–C) groups is 1. The van der Waals surface area contributed by atoms with Crippen LogP contribution in [0, 0.1) is 17.6 Å². The van der Waals surface area contributed by atoms with Crippen LogP contribution < -0.4 is 5.32 Å². The molecule has 0 aromatic heterocycles. The first kappa shape index (κ1) is 13.9. The minimum atomic E-state index is -0.451. The summed E-state index contributed by atoms with van der Waals surface area (Å²) in [4.78, 5) is 4.77. The molecule has 1 aliphatic heterocycles. The quantitative estimate of drug-likeness (QED) is 0.829. The second-order valence-corrected chi connectivity index (χ2v) is 6.84. The van der Waals surface area contributed by atoms with Crippen molar-refractivity contribution in [1.82, 2.24) is 0 Å². The molecule has 1 heterocycles. The van der Waals surface area contributed by atoms with Gasteiger partial charge in [0.1, 0.15) is 11.6 Å². The molecule has 1 saturated carbocycles. The van der Waals surface area contributed by atoms with Crippen molar-refractivity contribution in [1.29, 1.82) is 0 Å². The zero-order valence-corrected chi connectivity index (χ0v) is 12.3. The predicted octanol–water partition coefficient (Wildman–Crippen LogP) is 4.43. The number of thioether (sulfide) groups is 1. The molecule has 20 heavy (non-hydrogen) atoms. The number of halogens is 2. The largest absolute Gasteiger partial charge is 0.332 e. The molecule has 0 radical (unpaired) electrons. The molecule has 0 saturated heterocycles. The Labute approximate surface area is 122 Å². The third kappa shape index (κ3) is 2.82. The highest BCUT2D eigenvalue weighted by molar-refractivity contribution is 8.14. The number of nitrogens with zero attached hydrogens (tertiary/aromatic N) is 1. The molecule has 2 unspecified atom stereocenters. The molecule has 1 spiro atoms. The molecule has 1 aliphatic carbocycles. The summed E-state index contributed by atoms with van der Waals surface area (Å²) in [6, 6.07) is 3.43. The Morgan fingerprint density at radius 1 is 1.40 bits per heavy atom. The van der Waals surface area contributed by atoms with Gasteiger partial charge >= 0.3 is 0 Å². The molecule has 0 amide bonds. The third-order valence-corrected chi connectivity index (χ3v) is 5.20. The summed E-state index contributed by atoms with van der Waals surface area (Å²) in [5, 5.41) is 3.65. The first-order chi connectivity index (χ1) is 9.56. The van der Waals surface area contributed by atoms with E-state index in [1.165, 1.54) is 18.9 Å². The smallest absolute Gasteiger partial charge is 0.161 e. The van der Waals surface area contributed by atoms with Gasteiger partial charge in [0.2, 0.25) is 0 Å². The maximum Gasteiger partial charge on any atom is 0.161 e. The second kappa shape index (κ2) is 5.35. The average Bonchev–Trinajstić information content (AvgIpc) is 2.76. The van der Waals surface area contributed by atoms with E-state index in [1.54, 1.807) is 11.8 Å².